The maximum absolute atomic E-state index is 12.5. The fraction of sp³-hybridized carbons (Fsp3) is 0.700. The van der Waals surface area contributed by atoms with E-state index in [1.54, 1.807) is 0 Å². The fourth-order valence-corrected chi connectivity index (χ4v) is 5.28. The SMILES string of the molecule is Cc1ccc(C(CNS(=O)(=O)NC2CCCC2)N2CCCCCC2)cc1. The number of aryl methyl sites for hydroxylation is 1. The fourth-order valence-electron chi connectivity index (χ4n) is 4.15. The van der Waals surface area contributed by atoms with Crippen LogP contribution in [0.15, 0.2) is 24.3 Å². The lowest BCUT2D eigenvalue weighted by Gasteiger charge is -2.31. The predicted octanol–water partition coefficient (Wildman–Crippen LogP) is 3.28. The van der Waals surface area contributed by atoms with E-state index >= 15 is 0 Å². The Morgan fingerprint density at radius 1 is 1.00 bits per heavy atom. The van der Waals surface area contributed by atoms with Gasteiger partial charge in [0.25, 0.3) is 10.2 Å². The maximum atomic E-state index is 12.5. The Hall–Kier alpha value is -0.950. The zero-order valence-corrected chi connectivity index (χ0v) is 16.7. The van der Waals surface area contributed by atoms with Gasteiger partial charge in [0.15, 0.2) is 0 Å². The molecule has 0 amide bonds. The Balaban J connectivity index is 1.69. The average molecular weight is 380 g/mol. The van der Waals surface area contributed by atoms with Gasteiger partial charge in [-0.05, 0) is 51.3 Å². The van der Waals surface area contributed by atoms with E-state index in [0.29, 0.717) is 6.54 Å². The van der Waals surface area contributed by atoms with Gasteiger partial charge in [-0.15, -0.1) is 0 Å². The molecule has 1 aromatic carbocycles. The Labute approximate surface area is 158 Å². The highest BCUT2D eigenvalue weighted by Crippen LogP contribution is 2.24. The van der Waals surface area contributed by atoms with Gasteiger partial charge in [-0.1, -0.05) is 55.5 Å². The third-order valence-electron chi connectivity index (χ3n) is 5.69. The van der Waals surface area contributed by atoms with Gasteiger partial charge in [0.05, 0.1) is 0 Å². The number of rotatable bonds is 7. The number of benzene rings is 1. The van der Waals surface area contributed by atoms with Crippen LogP contribution in [-0.4, -0.2) is 39.0 Å². The second kappa shape index (κ2) is 9.31. The third kappa shape index (κ3) is 5.78. The number of hydrogen-bond donors (Lipinski definition) is 2. The largest absolute Gasteiger partial charge is 0.295 e. The van der Waals surface area contributed by atoms with Crippen molar-refractivity contribution >= 4 is 10.2 Å². The summed E-state index contributed by atoms with van der Waals surface area (Å²) in [5, 5.41) is 0. The Morgan fingerprint density at radius 2 is 1.62 bits per heavy atom. The minimum Gasteiger partial charge on any atom is -0.295 e. The molecule has 1 aromatic rings. The van der Waals surface area contributed by atoms with Gasteiger partial charge >= 0.3 is 0 Å². The topological polar surface area (TPSA) is 61.4 Å². The van der Waals surface area contributed by atoms with Crippen molar-refractivity contribution in [1.82, 2.24) is 14.3 Å². The van der Waals surface area contributed by atoms with Crippen LogP contribution in [0.2, 0.25) is 0 Å². The van der Waals surface area contributed by atoms with E-state index in [0.717, 1.165) is 38.8 Å². The van der Waals surface area contributed by atoms with E-state index in [1.165, 1.54) is 36.8 Å². The zero-order valence-electron chi connectivity index (χ0n) is 15.9. The summed E-state index contributed by atoms with van der Waals surface area (Å²) in [5.74, 6) is 0. The van der Waals surface area contributed by atoms with E-state index in [4.69, 9.17) is 0 Å². The molecule has 1 atom stereocenters. The summed E-state index contributed by atoms with van der Waals surface area (Å²) in [4.78, 5) is 2.45. The lowest BCUT2D eigenvalue weighted by Crippen LogP contribution is -2.45. The van der Waals surface area contributed by atoms with Crippen molar-refractivity contribution in [2.45, 2.75) is 70.4 Å². The van der Waals surface area contributed by atoms with E-state index < -0.39 is 10.2 Å². The first-order chi connectivity index (χ1) is 12.5. The standard InChI is InChI=1S/C20H33N3O2S/c1-17-10-12-18(13-11-17)20(23-14-6-2-3-7-15-23)16-21-26(24,25)22-19-8-4-5-9-19/h10-13,19-22H,2-9,14-16H2,1H3. The van der Waals surface area contributed by atoms with E-state index in [2.05, 4.69) is 45.5 Å². The molecular weight excluding hydrogens is 346 g/mol. The molecule has 146 valence electrons. The minimum atomic E-state index is -3.45. The molecule has 6 heteroatoms. The number of nitrogens with one attached hydrogen (secondary N) is 2. The molecular formula is C20H33N3O2S. The van der Waals surface area contributed by atoms with Gasteiger partial charge in [-0.2, -0.15) is 13.1 Å². The van der Waals surface area contributed by atoms with E-state index in [-0.39, 0.29) is 12.1 Å². The lowest BCUT2D eigenvalue weighted by atomic mass is 10.0. The Bertz CT molecular complexity index is 646. The lowest BCUT2D eigenvalue weighted by molar-refractivity contribution is 0.206. The van der Waals surface area contributed by atoms with Gasteiger partial charge in [0, 0.05) is 18.6 Å². The molecule has 0 spiro atoms. The molecule has 1 saturated carbocycles. The van der Waals surface area contributed by atoms with Crippen molar-refractivity contribution in [2.24, 2.45) is 0 Å². The molecule has 1 aliphatic carbocycles. The van der Waals surface area contributed by atoms with Crippen LogP contribution in [-0.2, 0) is 10.2 Å². The monoisotopic (exact) mass is 379 g/mol. The van der Waals surface area contributed by atoms with Crippen molar-refractivity contribution < 1.29 is 8.42 Å². The smallest absolute Gasteiger partial charge is 0.277 e. The summed E-state index contributed by atoms with van der Waals surface area (Å²) in [7, 11) is -3.45. The van der Waals surface area contributed by atoms with Gasteiger partial charge in [0.2, 0.25) is 0 Å². The second-order valence-electron chi connectivity index (χ2n) is 7.83. The predicted molar refractivity (Wildman–Crippen MR) is 106 cm³/mol. The third-order valence-corrected chi connectivity index (χ3v) is 6.88. The average Bonchev–Trinajstić information content (AvgIpc) is 2.96. The molecule has 1 heterocycles. The molecule has 5 nitrogen and oxygen atoms in total. The molecule has 0 aromatic heterocycles. The van der Waals surface area contributed by atoms with E-state index in [9.17, 15) is 8.42 Å². The number of hydrogen-bond acceptors (Lipinski definition) is 3. The van der Waals surface area contributed by atoms with Crippen LogP contribution in [0.3, 0.4) is 0 Å². The van der Waals surface area contributed by atoms with Crippen LogP contribution < -0.4 is 9.44 Å². The maximum Gasteiger partial charge on any atom is 0.277 e. The zero-order chi connectivity index (χ0) is 18.4. The van der Waals surface area contributed by atoms with Crippen LogP contribution in [0.5, 0.6) is 0 Å². The minimum absolute atomic E-state index is 0.0915. The van der Waals surface area contributed by atoms with Crippen LogP contribution >= 0.6 is 0 Å². The molecule has 2 aliphatic rings. The first-order valence-corrected chi connectivity index (χ1v) is 11.6. The summed E-state index contributed by atoms with van der Waals surface area (Å²) in [5.41, 5.74) is 2.42. The summed E-state index contributed by atoms with van der Waals surface area (Å²) in [6, 6.07) is 8.71. The normalized spacial score (nSPS) is 21.6. The first kappa shape index (κ1) is 19.8. The van der Waals surface area contributed by atoms with Crippen molar-refractivity contribution in [1.29, 1.82) is 0 Å². The van der Waals surface area contributed by atoms with Gasteiger partial charge in [-0.25, -0.2) is 4.72 Å². The molecule has 3 rings (SSSR count). The number of likely N-dealkylation sites (tertiary alicyclic amines) is 1. The Morgan fingerprint density at radius 3 is 2.23 bits per heavy atom. The van der Waals surface area contributed by atoms with Crippen molar-refractivity contribution in [3.8, 4) is 0 Å². The molecule has 26 heavy (non-hydrogen) atoms. The molecule has 2 N–H and O–H groups in total. The highest BCUT2D eigenvalue weighted by Gasteiger charge is 2.25. The van der Waals surface area contributed by atoms with Crippen LogP contribution in [0.1, 0.15) is 68.5 Å². The molecule has 0 bridgehead atoms. The van der Waals surface area contributed by atoms with Crippen LogP contribution in [0.25, 0.3) is 0 Å². The molecule has 2 fully saturated rings. The van der Waals surface area contributed by atoms with E-state index in [1.807, 2.05) is 0 Å². The van der Waals surface area contributed by atoms with Crippen molar-refractivity contribution in [3.63, 3.8) is 0 Å². The molecule has 1 unspecified atom stereocenters. The summed E-state index contributed by atoms with van der Waals surface area (Å²) >= 11 is 0. The number of nitrogens with zero attached hydrogens (tertiary/aromatic N) is 1. The van der Waals surface area contributed by atoms with Crippen LogP contribution in [0, 0.1) is 6.92 Å². The van der Waals surface area contributed by atoms with Crippen LogP contribution in [0.4, 0.5) is 0 Å². The molecule has 1 aliphatic heterocycles. The van der Waals surface area contributed by atoms with Gasteiger partial charge in [0.1, 0.15) is 0 Å². The summed E-state index contributed by atoms with van der Waals surface area (Å²) < 4.78 is 30.6. The summed E-state index contributed by atoms with van der Waals surface area (Å²) in [6.45, 7) is 4.58. The van der Waals surface area contributed by atoms with Gasteiger partial charge < -0.3 is 0 Å². The summed E-state index contributed by atoms with van der Waals surface area (Å²) in [6.07, 6.45) is 9.06. The van der Waals surface area contributed by atoms with Crippen molar-refractivity contribution in [3.05, 3.63) is 35.4 Å². The quantitative estimate of drug-likeness (QED) is 0.764. The molecule has 1 saturated heterocycles. The highest BCUT2D eigenvalue weighted by atomic mass is 32.2. The first-order valence-electron chi connectivity index (χ1n) is 10.1. The van der Waals surface area contributed by atoms with Gasteiger partial charge in [-0.3, -0.25) is 4.90 Å². The molecule has 0 radical (unpaired) electrons. The van der Waals surface area contributed by atoms with Crippen molar-refractivity contribution in [2.75, 3.05) is 19.6 Å². The Kier molecular flexibility index (Phi) is 7.09. The highest BCUT2D eigenvalue weighted by molar-refractivity contribution is 7.87. The second-order valence-corrected chi connectivity index (χ2v) is 9.36.